The largest absolute Gasteiger partial charge is 0.343 e. The van der Waals surface area contributed by atoms with Gasteiger partial charge in [-0.3, -0.25) is 4.79 Å². The van der Waals surface area contributed by atoms with E-state index in [2.05, 4.69) is 19.2 Å². The van der Waals surface area contributed by atoms with Crippen LogP contribution >= 0.6 is 11.6 Å². The number of hydrogen-bond acceptors (Lipinski definition) is 2. The Morgan fingerprint density at radius 3 is 2.29 bits per heavy atom. The van der Waals surface area contributed by atoms with Gasteiger partial charge < -0.3 is 10.2 Å². The van der Waals surface area contributed by atoms with Crippen molar-refractivity contribution in [3.63, 3.8) is 0 Å². The molecule has 1 rings (SSSR count). The second-order valence-electron chi connectivity index (χ2n) is 5.26. The molecule has 1 N–H and O–H groups in total. The molecule has 1 aromatic rings. The summed E-state index contributed by atoms with van der Waals surface area (Å²) < 4.78 is 0. The van der Waals surface area contributed by atoms with Crippen LogP contribution < -0.4 is 5.32 Å². The molecule has 21 heavy (non-hydrogen) atoms. The molecule has 0 bridgehead atoms. The number of benzene rings is 1. The Labute approximate surface area is 133 Å². The van der Waals surface area contributed by atoms with E-state index in [1.165, 1.54) is 5.56 Å². The van der Waals surface area contributed by atoms with Crippen LogP contribution in [0.4, 0.5) is 0 Å². The predicted molar refractivity (Wildman–Crippen MR) is 89.8 cm³/mol. The lowest BCUT2D eigenvalue weighted by Crippen LogP contribution is -2.34. The average molecular weight is 311 g/mol. The Bertz CT molecular complexity index is 400. The minimum Gasteiger partial charge on any atom is -0.343 e. The molecule has 0 spiro atoms. The third-order valence-electron chi connectivity index (χ3n) is 3.36. The van der Waals surface area contributed by atoms with Gasteiger partial charge in [0.25, 0.3) is 0 Å². The van der Waals surface area contributed by atoms with E-state index < -0.39 is 0 Å². The Morgan fingerprint density at radius 1 is 1.10 bits per heavy atom. The van der Waals surface area contributed by atoms with Crippen molar-refractivity contribution < 1.29 is 4.79 Å². The van der Waals surface area contributed by atoms with Gasteiger partial charge in [0.1, 0.15) is 0 Å². The molecule has 1 aromatic carbocycles. The summed E-state index contributed by atoms with van der Waals surface area (Å²) in [5, 5.41) is 4.11. The summed E-state index contributed by atoms with van der Waals surface area (Å²) in [7, 11) is 0. The third-order valence-corrected chi connectivity index (χ3v) is 3.61. The van der Waals surface area contributed by atoms with Gasteiger partial charge in [-0.2, -0.15) is 0 Å². The topological polar surface area (TPSA) is 32.3 Å². The van der Waals surface area contributed by atoms with E-state index in [0.717, 1.165) is 50.5 Å². The van der Waals surface area contributed by atoms with Crippen LogP contribution in [0.2, 0.25) is 5.02 Å². The highest BCUT2D eigenvalue weighted by atomic mass is 35.5. The van der Waals surface area contributed by atoms with Gasteiger partial charge in [-0.05, 0) is 43.5 Å². The summed E-state index contributed by atoms with van der Waals surface area (Å²) >= 11 is 5.85. The Hall–Kier alpha value is -1.06. The fourth-order valence-corrected chi connectivity index (χ4v) is 2.39. The van der Waals surface area contributed by atoms with Crippen molar-refractivity contribution in [1.29, 1.82) is 0 Å². The quantitative estimate of drug-likeness (QED) is 0.671. The first-order valence-corrected chi connectivity index (χ1v) is 8.28. The summed E-state index contributed by atoms with van der Waals surface area (Å²) in [6.07, 6.45) is 3.59. The lowest BCUT2D eigenvalue weighted by molar-refractivity contribution is -0.131. The van der Waals surface area contributed by atoms with Gasteiger partial charge in [-0.1, -0.05) is 37.6 Å². The highest BCUT2D eigenvalue weighted by Crippen LogP contribution is 2.09. The van der Waals surface area contributed by atoms with Crippen molar-refractivity contribution in [2.45, 2.75) is 39.5 Å². The van der Waals surface area contributed by atoms with Crippen LogP contribution in [0, 0.1) is 0 Å². The number of carbonyl (C=O) groups excluding carboxylic acids is 1. The second-order valence-corrected chi connectivity index (χ2v) is 5.69. The van der Waals surface area contributed by atoms with Crippen molar-refractivity contribution in [3.8, 4) is 0 Å². The summed E-state index contributed by atoms with van der Waals surface area (Å²) in [6, 6.07) is 7.90. The van der Waals surface area contributed by atoms with Crippen LogP contribution in [0.25, 0.3) is 0 Å². The van der Waals surface area contributed by atoms with E-state index in [0.29, 0.717) is 6.42 Å². The van der Waals surface area contributed by atoms with E-state index >= 15 is 0 Å². The van der Waals surface area contributed by atoms with E-state index in [1.807, 2.05) is 29.2 Å². The minimum atomic E-state index is 0.262. The van der Waals surface area contributed by atoms with Gasteiger partial charge in [0.15, 0.2) is 0 Å². The summed E-state index contributed by atoms with van der Waals surface area (Å²) in [4.78, 5) is 14.0. The van der Waals surface area contributed by atoms with Crippen LogP contribution in [0.15, 0.2) is 24.3 Å². The van der Waals surface area contributed by atoms with Gasteiger partial charge >= 0.3 is 0 Å². The molecule has 0 aliphatic rings. The molecule has 4 heteroatoms. The zero-order valence-electron chi connectivity index (χ0n) is 13.2. The molecular formula is C17H27ClN2O. The number of halogens is 1. The lowest BCUT2D eigenvalue weighted by Gasteiger charge is -2.21. The SMILES string of the molecule is CCCN(CCC)C(=O)CCNCCc1ccc(Cl)cc1. The number of hydrogen-bond donors (Lipinski definition) is 1. The van der Waals surface area contributed by atoms with Gasteiger partial charge in [0.05, 0.1) is 0 Å². The number of nitrogens with one attached hydrogen (secondary N) is 1. The summed E-state index contributed by atoms with van der Waals surface area (Å²) in [5.41, 5.74) is 1.26. The predicted octanol–water partition coefficient (Wildman–Crippen LogP) is 3.51. The van der Waals surface area contributed by atoms with Crippen molar-refractivity contribution in [1.82, 2.24) is 10.2 Å². The fourth-order valence-electron chi connectivity index (χ4n) is 2.26. The average Bonchev–Trinajstić information content (AvgIpc) is 2.48. The maximum absolute atomic E-state index is 12.1. The van der Waals surface area contributed by atoms with E-state index in [-0.39, 0.29) is 5.91 Å². The molecule has 118 valence electrons. The standard InChI is InChI=1S/C17H27ClN2O/c1-3-13-20(14-4-2)17(21)10-12-19-11-9-15-5-7-16(18)8-6-15/h5-8,19H,3-4,9-14H2,1-2H3. The van der Waals surface area contributed by atoms with E-state index in [4.69, 9.17) is 11.6 Å². The van der Waals surface area contributed by atoms with Crippen LogP contribution in [-0.2, 0) is 11.2 Å². The Kier molecular flexibility index (Phi) is 9.11. The summed E-state index contributed by atoms with van der Waals surface area (Å²) in [5.74, 6) is 0.262. The number of amides is 1. The van der Waals surface area contributed by atoms with Gasteiger partial charge in [0.2, 0.25) is 5.91 Å². The first-order valence-electron chi connectivity index (χ1n) is 7.90. The molecule has 0 saturated carbocycles. The molecule has 3 nitrogen and oxygen atoms in total. The highest BCUT2D eigenvalue weighted by molar-refractivity contribution is 6.30. The van der Waals surface area contributed by atoms with E-state index in [1.54, 1.807) is 0 Å². The first-order chi connectivity index (χ1) is 10.2. The van der Waals surface area contributed by atoms with Gasteiger partial charge in [0, 0.05) is 31.1 Å². The van der Waals surface area contributed by atoms with Gasteiger partial charge in [-0.15, -0.1) is 0 Å². The Morgan fingerprint density at radius 2 is 1.71 bits per heavy atom. The van der Waals surface area contributed by atoms with Crippen molar-refractivity contribution in [2.75, 3.05) is 26.2 Å². The molecular weight excluding hydrogens is 284 g/mol. The minimum absolute atomic E-state index is 0.262. The smallest absolute Gasteiger partial charge is 0.223 e. The van der Waals surface area contributed by atoms with Gasteiger partial charge in [-0.25, -0.2) is 0 Å². The zero-order valence-corrected chi connectivity index (χ0v) is 14.0. The van der Waals surface area contributed by atoms with Crippen molar-refractivity contribution >= 4 is 17.5 Å². The molecule has 0 aliphatic heterocycles. The molecule has 1 amide bonds. The maximum Gasteiger partial charge on any atom is 0.223 e. The van der Waals surface area contributed by atoms with Crippen LogP contribution in [-0.4, -0.2) is 37.0 Å². The Balaban J connectivity index is 2.17. The number of carbonyl (C=O) groups is 1. The monoisotopic (exact) mass is 310 g/mol. The molecule has 0 fully saturated rings. The van der Waals surface area contributed by atoms with Crippen molar-refractivity contribution in [2.24, 2.45) is 0 Å². The molecule has 0 aromatic heterocycles. The fraction of sp³-hybridized carbons (Fsp3) is 0.588. The van der Waals surface area contributed by atoms with E-state index in [9.17, 15) is 4.79 Å². The molecule has 0 aliphatic carbocycles. The first kappa shape index (κ1) is 18.0. The number of rotatable bonds is 10. The maximum atomic E-state index is 12.1. The summed E-state index contributed by atoms with van der Waals surface area (Å²) in [6.45, 7) is 7.60. The highest BCUT2D eigenvalue weighted by Gasteiger charge is 2.10. The molecule has 0 radical (unpaired) electrons. The second kappa shape index (κ2) is 10.6. The number of nitrogens with zero attached hydrogens (tertiary/aromatic N) is 1. The normalized spacial score (nSPS) is 10.6. The molecule has 0 saturated heterocycles. The zero-order chi connectivity index (χ0) is 15.5. The molecule has 0 heterocycles. The van der Waals surface area contributed by atoms with Crippen LogP contribution in [0.5, 0.6) is 0 Å². The molecule has 0 atom stereocenters. The molecule has 0 unspecified atom stereocenters. The lowest BCUT2D eigenvalue weighted by atomic mass is 10.1. The van der Waals surface area contributed by atoms with Crippen molar-refractivity contribution in [3.05, 3.63) is 34.9 Å². The van der Waals surface area contributed by atoms with Crippen LogP contribution in [0.3, 0.4) is 0 Å². The third kappa shape index (κ3) is 7.49. The van der Waals surface area contributed by atoms with Crippen LogP contribution in [0.1, 0.15) is 38.7 Å².